The molecule has 2 rings (SSSR count). The zero-order chi connectivity index (χ0) is 12.8. The molecule has 1 aliphatic heterocycles. The van der Waals surface area contributed by atoms with Gasteiger partial charge in [0.2, 0.25) is 5.91 Å². The lowest BCUT2D eigenvalue weighted by Crippen LogP contribution is -2.30. The van der Waals surface area contributed by atoms with Crippen molar-refractivity contribution in [2.24, 2.45) is 5.73 Å². The number of carbonyl (C=O) groups is 1. The molecule has 0 aliphatic carbocycles. The van der Waals surface area contributed by atoms with Crippen LogP contribution in [0.25, 0.3) is 0 Å². The molecule has 5 heteroatoms. The van der Waals surface area contributed by atoms with Gasteiger partial charge in [0.25, 0.3) is 0 Å². The molecule has 0 saturated carbocycles. The van der Waals surface area contributed by atoms with Gasteiger partial charge in [-0.15, -0.1) is 0 Å². The second kappa shape index (κ2) is 6.26. The molecule has 0 saturated heterocycles. The molecule has 0 bridgehead atoms. The highest BCUT2D eigenvalue weighted by Crippen LogP contribution is 2.30. The van der Waals surface area contributed by atoms with Crippen molar-refractivity contribution < 1.29 is 14.3 Å². The van der Waals surface area contributed by atoms with E-state index in [-0.39, 0.29) is 5.91 Å². The lowest BCUT2D eigenvalue weighted by atomic mass is 10.1. The second-order valence-corrected chi connectivity index (χ2v) is 4.15. The first-order chi connectivity index (χ1) is 8.79. The molecule has 1 amide bonds. The molecule has 3 N–H and O–H groups in total. The van der Waals surface area contributed by atoms with Crippen LogP contribution in [-0.4, -0.2) is 32.2 Å². The Kier molecular flexibility index (Phi) is 4.41. The third-order valence-electron chi connectivity index (χ3n) is 2.64. The maximum atomic E-state index is 11.6. The van der Waals surface area contributed by atoms with Crippen molar-refractivity contribution in [2.45, 2.75) is 12.8 Å². The maximum Gasteiger partial charge on any atom is 0.224 e. The van der Waals surface area contributed by atoms with Gasteiger partial charge in [0, 0.05) is 19.5 Å². The van der Waals surface area contributed by atoms with E-state index in [1.54, 1.807) is 0 Å². The first-order valence-corrected chi connectivity index (χ1v) is 6.15. The average molecular weight is 250 g/mol. The lowest BCUT2D eigenvalue weighted by Gasteiger charge is -2.09. The minimum Gasteiger partial charge on any atom is -0.490 e. The Bertz CT molecular complexity index is 421. The summed E-state index contributed by atoms with van der Waals surface area (Å²) >= 11 is 0. The second-order valence-electron chi connectivity index (χ2n) is 4.15. The van der Waals surface area contributed by atoms with Crippen molar-refractivity contribution in [1.82, 2.24) is 5.32 Å². The number of carbonyl (C=O) groups excluding carboxylic acids is 1. The van der Waals surface area contributed by atoms with Crippen LogP contribution in [0.5, 0.6) is 11.5 Å². The van der Waals surface area contributed by atoms with Crippen molar-refractivity contribution in [3.05, 3.63) is 23.8 Å². The van der Waals surface area contributed by atoms with E-state index in [1.165, 1.54) is 0 Å². The van der Waals surface area contributed by atoms with Crippen molar-refractivity contribution in [2.75, 3.05) is 26.3 Å². The Morgan fingerprint density at radius 3 is 2.83 bits per heavy atom. The van der Waals surface area contributed by atoms with E-state index < -0.39 is 0 Å². The minimum absolute atomic E-state index is 0.0325. The van der Waals surface area contributed by atoms with Crippen LogP contribution in [0.2, 0.25) is 0 Å². The smallest absolute Gasteiger partial charge is 0.224 e. The van der Waals surface area contributed by atoms with Crippen LogP contribution in [0.1, 0.15) is 12.0 Å². The molecule has 0 spiro atoms. The number of benzene rings is 1. The molecule has 0 unspecified atom stereocenters. The zero-order valence-corrected chi connectivity index (χ0v) is 10.3. The average Bonchev–Trinajstić information content (AvgIpc) is 2.61. The molecule has 18 heavy (non-hydrogen) atoms. The fourth-order valence-corrected chi connectivity index (χ4v) is 1.78. The first-order valence-electron chi connectivity index (χ1n) is 6.15. The quantitative estimate of drug-likeness (QED) is 0.814. The summed E-state index contributed by atoms with van der Waals surface area (Å²) in [5.74, 6) is 1.44. The summed E-state index contributed by atoms with van der Waals surface area (Å²) < 4.78 is 11.1. The van der Waals surface area contributed by atoms with Gasteiger partial charge in [0.15, 0.2) is 11.5 Å². The molecule has 1 aromatic carbocycles. The van der Waals surface area contributed by atoms with Crippen LogP contribution >= 0.6 is 0 Å². The van der Waals surface area contributed by atoms with E-state index in [0.29, 0.717) is 32.7 Å². The fourth-order valence-electron chi connectivity index (χ4n) is 1.78. The molecule has 1 aliphatic rings. The number of amides is 1. The number of ether oxygens (including phenoxy) is 2. The molecular weight excluding hydrogens is 232 g/mol. The molecule has 98 valence electrons. The van der Waals surface area contributed by atoms with E-state index in [4.69, 9.17) is 15.2 Å². The van der Waals surface area contributed by atoms with Gasteiger partial charge in [-0.3, -0.25) is 4.79 Å². The molecule has 0 atom stereocenters. The Morgan fingerprint density at radius 2 is 2.06 bits per heavy atom. The van der Waals surface area contributed by atoms with Crippen LogP contribution < -0.4 is 20.5 Å². The van der Waals surface area contributed by atoms with Gasteiger partial charge >= 0.3 is 0 Å². The number of hydrogen-bond donors (Lipinski definition) is 2. The van der Waals surface area contributed by atoms with Crippen LogP contribution in [0.15, 0.2) is 18.2 Å². The SMILES string of the molecule is NCCNC(=O)Cc1ccc2c(c1)OCCCO2. The normalized spacial score (nSPS) is 13.8. The number of hydrogen-bond acceptors (Lipinski definition) is 4. The van der Waals surface area contributed by atoms with Crippen molar-refractivity contribution in [3.8, 4) is 11.5 Å². The van der Waals surface area contributed by atoms with Crippen LogP contribution in [0.3, 0.4) is 0 Å². The lowest BCUT2D eigenvalue weighted by molar-refractivity contribution is -0.120. The molecule has 0 radical (unpaired) electrons. The first kappa shape index (κ1) is 12.7. The van der Waals surface area contributed by atoms with Crippen LogP contribution in [0, 0.1) is 0 Å². The van der Waals surface area contributed by atoms with Crippen molar-refractivity contribution >= 4 is 5.91 Å². The summed E-state index contributed by atoms with van der Waals surface area (Å²) in [6.45, 7) is 2.27. The number of nitrogens with two attached hydrogens (primary N) is 1. The molecule has 0 aromatic heterocycles. The van der Waals surface area contributed by atoms with Gasteiger partial charge in [-0.2, -0.15) is 0 Å². The summed E-state index contributed by atoms with van der Waals surface area (Å²) in [5, 5.41) is 2.74. The predicted molar refractivity (Wildman–Crippen MR) is 67.8 cm³/mol. The standard InChI is InChI=1S/C13H18N2O3/c14-4-5-15-13(16)9-10-2-3-11-12(8-10)18-7-1-6-17-11/h2-3,8H,1,4-7,9,14H2,(H,15,16). The van der Waals surface area contributed by atoms with Gasteiger partial charge in [-0.1, -0.05) is 6.07 Å². The topological polar surface area (TPSA) is 73.6 Å². The highest BCUT2D eigenvalue weighted by molar-refractivity contribution is 5.78. The van der Waals surface area contributed by atoms with Gasteiger partial charge in [-0.25, -0.2) is 0 Å². The maximum absolute atomic E-state index is 11.6. The number of nitrogens with one attached hydrogen (secondary N) is 1. The Hall–Kier alpha value is -1.75. The third kappa shape index (κ3) is 3.37. The highest BCUT2D eigenvalue weighted by Gasteiger charge is 2.11. The van der Waals surface area contributed by atoms with E-state index in [0.717, 1.165) is 23.5 Å². The fraction of sp³-hybridized carbons (Fsp3) is 0.462. The number of rotatable bonds is 4. The van der Waals surface area contributed by atoms with E-state index >= 15 is 0 Å². The summed E-state index contributed by atoms with van der Waals surface area (Å²) in [5.41, 5.74) is 6.24. The Labute approximate surface area is 106 Å². The van der Waals surface area contributed by atoms with Crippen molar-refractivity contribution in [3.63, 3.8) is 0 Å². The molecule has 1 heterocycles. The van der Waals surface area contributed by atoms with Gasteiger partial charge in [0.05, 0.1) is 19.6 Å². The van der Waals surface area contributed by atoms with Crippen LogP contribution in [-0.2, 0) is 11.2 Å². The summed E-state index contributed by atoms with van der Waals surface area (Å²) in [6.07, 6.45) is 1.21. The largest absolute Gasteiger partial charge is 0.490 e. The van der Waals surface area contributed by atoms with E-state index in [1.807, 2.05) is 18.2 Å². The predicted octanol–water partition coefficient (Wildman–Crippen LogP) is 0.465. The monoisotopic (exact) mass is 250 g/mol. The van der Waals surface area contributed by atoms with E-state index in [9.17, 15) is 4.79 Å². The highest BCUT2D eigenvalue weighted by atomic mass is 16.5. The molecule has 0 fully saturated rings. The summed E-state index contributed by atoms with van der Waals surface area (Å²) in [7, 11) is 0. The zero-order valence-electron chi connectivity index (χ0n) is 10.3. The van der Waals surface area contributed by atoms with Crippen LogP contribution in [0.4, 0.5) is 0 Å². The Morgan fingerprint density at radius 1 is 1.28 bits per heavy atom. The number of fused-ring (bicyclic) bond motifs is 1. The van der Waals surface area contributed by atoms with Gasteiger partial charge in [0.1, 0.15) is 0 Å². The Balaban J connectivity index is 2.01. The van der Waals surface area contributed by atoms with Gasteiger partial charge < -0.3 is 20.5 Å². The third-order valence-corrected chi connectivity index (χ3v) is 2.64. The molecule has 1 aromatic rings. The molecular formula is C13H18N2O3. The molecule has 5 nitrogen and oxygen atoms in total. The minimum atomic E-state index is -0.0325. The summed E-state index contributed by atoms with van der Waals surface area (Å²) in [6, 6.07) is 5.60. The van der Waals surface area contributed by atoms with Gasteiger partial charge in [-0.05, 0) is 17.7 Å². The summed E-state index contributed by atoms with van der Waals surface area (Å²) in [4.78, 5) is 11.6. The van der Waals surface area contributed by atoms with E-state index in [2.05, 4.69) is 5.32 Å². The van der Waals surface area contributed by atoms with Crippen molar-refractivity contribution in [1.29, 1.82) is 0 Å².